The first-order valence-electron chi connectivity index (χ1n) is 8.84. The number of esters is 3. The number of Topliss-reactive ketones (excluding diaryl/α,β-unsaturated/α-hetero) is 1. The summed E-state index contributed by atoms with van der Waals surface area (Å²) in [6.45, 7) is 10.1. The lowest BCUT2D eigenvalue weighted by molar-refractivity contribution is -0.167. The normalized spacial score (nSPS) is 41.8. The van der Waals surface area contributed by atoms with Crippen LogP contribution in [0.15, 0.2) is 12.2 Å². The molecule has 26 heavy (non-hydrogen) atoms. The Hall–Kier alpha value is -2.18. The van der Waals surface area contributed by atoms with Crippen molar-refractivity contribution in [1.29, 1.82) is 0 Å². The van der Waals surface area contributed by atoms with E-state index in [0.29, 0.717) is 6.42 Å². The van der Waals surface area contributed by atoms with Crippen LogP contribution in [0, 0.1) is 23.2 Å². The number of rotatable bonds is 2. The van der Waals surface area contributed by atoms with E-state index in [0.717, 1.165) is 0 Å². The molecule has 0 aromatic rings. The molecule has 1 saturated heterocycles. The number of carbonyl (C=O) groups is 4. The van der Waals surface area contributed by atoms with Gasteiger partial charge in [-0.2, -0.15) is 0 Å². The molecule has 0 amide bonds. The molecule has 2 aliphatic carbocycles. The van der Waals surface area contributed by atoms with E-state index >= 15 is 0 Å². The fraction of sp³-hybridized carbons (Fsp3) is 0.684. The summed E-state index contributed by atoms with van der Waals surface area (Å²) in [5, 5.41) is 0. The molecule has 3 aliphatic rings. The van der Waals surface area contributed by atoms with E-state index in [1.165, 1.54) is 13.8 Å². The fourth-order valence-corrected chi connectivity index (χ4v) is 5.22. The van der Waals surface area contributed by atoms with Crippen LogP contribution in [-0.2, 0) is 33.4 Å². The van der Waals surface area contributed by atoms with Crippen molar-refractivity contribution in [1.82, 2.24) is 0 Å². The summed E-state index contributed by atoms with van der Waals surface area (Å²) in [6, 6.07) is 0. The summed E-state index contributed by atoms with van der Waals surface area (Å²) in [4.78, 5) is 48.4. The number of ether oxygens (including phenoxy) is 3. The minimum atomic E-state index is -1.08. The molecule has 7 atom stereocenters. The van der Waals surface area contributed by atoms with Gasteiger partial charge in [-0.25, -0.2) is 4.79 Å². The van der Waals surface area contributed by atoms with Crippen molar-refractivity contribution in [3.05, 3.63) is 12.2 Å². The van der Waals surface area contributed by atoms with Crippen LogP contribution in [0.2, 0.25) is 0 Å². The highest BCUT2D eigenvalue weighted by Gasteiger charge is 2.66. The molecule has 0 N–H and O–H groups in total. The van der Waals surface area contributed by atoms with Crippen LogP contribution in [0.5, 0.6) is 0 Å². The molecule has 2 unspecified atom stereocenters. The number of ketones is 1. The van der Waals surface area contributed by atoms with Gasteiger partial charge in [-0.3, -0.25) is 14.4 Å². The predicted octanol–water partition coefficient (Wildman–Crippen LogP) is 1.58. The summed E-state index contributed by atoms with van der Waals surface area (Å²) in [5.74, 6) is -2.65. The van der Waals surface area contributed by atoms with Gasteiger partial charge in [0.15, 0.2) is 0 Å². The molecular weight excluding hydrogens is 340 g/mol. The number of carbonyl (C=O) groups excluding carboxylic acids is 4. The van der Waals surface area contributed by atoms with Gasteiger partial charge in [-0.15, -0.1) is 0 Å². The van der Waals surface area contributed by atoms with Crippen LogP contribution in [-0.4, -0.2) is 42.0 Å². The average Bonchev–Trinajstić information content (AvgIpc) is 2.88. The van der Waals surface area contributed by atoms with Crippen molar-refractivity contribution in [3.63, 3.8) is 0 Å². The van der Waals surface area contributed by atoms with E-state index in [-0.39, 0.29) is 29.6 Å². The standard InChI is InChI=1S/C19H24O7/c1-8-6-12-15(9(2)18(23)26-12)17(25-11(4)21)19(5)14(22)7-13(16(8)19)24-10(3)20/h8,12-13,15-17H,2,6-7H2,1,3-5H3/t8?,12-,13-,15+,16?,17-,19+/m0/s1. The van der Waals surface area contributed by atoms with E-state index in [1.54, 1.807) is 6.92 Å². The number of fused-ring (bicyclic) bond motifs is 2. The Labute approximate surface area is 152 Å². The first-order chi connectivity index (χ1) is 12.1. The predicted molar refractivity (Wildman–Crippen MR) is 88.6 cm³/mol. The maximum atomic E-state index is 13.1. The second-order valence-electron chi connectivity index (χ2n) is 7.82. The van der Waals surface area contributed by atoms with Crippen molar-refractivity contribution >= 4 is 23.7 Å². The zero-order valence-electron chi connectivity index (χ0n) is 15.4. The minimum absolute atomic E-state index is 0.0710. The van der Waals surface area contributed by atoms with Gasteiger partial charge in [0.2, 0.25) is 0 Å². The topological polar surface area (TPSA) is 96.0 Å². The van der Waals surface area contributed by atoms with E-state index in [2.05, 4.69) is 6.58 Å². The van der Waals surface area contributed by atoms with Crippen LogP contribution in [0.1, 0.15) is 40.5 Å². The van der Waals surface area contributed by atoms with Crippen LogP contribution < -0.4 is 0 Å². The smallest absolute Gasteiger partial charge is 0.334 e. The Morgan fingerprint density at radius 1 is 1.19 bits per heavy atom. The number of hydrogen-bond donors (Lipinski definition) is 0. The molecule has 3 rings (SSSR count). The lowest BCUT2D eigenvalue weighted by Gasteiger charge is -2.40. The first-order valence-corrected chi connectivity index (χ1v) is 8.84. The molecule has 0 bridgehead atoms. The molecule has 7 heteroatoms. The van der Waals surface area contributed by atoms with Gasteiger partial charge in [0, 0.05) is 31.8 Å². The van der Waals surface area contributed by atoms with Crippen LogP contribution in [0.25, 0.3) is 0 Å². The van der Waals surface area contributed by atoms with Gasteiger partial charge >= 0.3 is 17.9 Å². The van der Waals surface area contributed by atoms with E-state index in [4.69, 9.17) is 14.2 Å². The van der Waals surface area contributed by atoms with Crippen LogP contribution >= 0.6 is 0 Å². The van der Waals surface area contributed by atoms with E-state index in [9.17, 15) is 19.2 Å². The highest BCUT2D eigenvalue weighted by Crippen LogP contribution is 2.57. The summed E-state index contributed by atoms with van der Waals surface area (Å²) in [5.41, 5.74) is -0.860. The van der Waals surface area contributed by atoms with E-state index < -0.39 is 47.6 Å². The van der Waals surface area contributed by atoms with Gasteiger partial charge < -0.3 is 14.2 Å². The molecule has 7 nitrogen and oxygen atoms in total. The Balaban J connectivity index is 2.11. The average molecular weight is 364 g/mol. The zero-order valence-corrected chi connectivity index (χ0v) is 15.4. The summed E-state index contributed by atoms with van der Waals surface area (Å²) < 4.78 is 16.5. The lowest BCUT2D eigenvalue weighted by Crippen LogP contribution is -2.50. The van der Waals surface area contributed by atoms with Crippen LogP contribution in [0.3, 0.4) is 0 Å². The molecule has 0 spiro atoms. The second-order valence-corrected chi connectivity index (χ2v) is 7.82. The minimum Gasteiger partial charge on any atom is -0.462 e. The van der Waals surface area contributed by atoms with Gasteiger partial charge in [-0.1, -0.05) is 13.5 Å². The SMILES string of the molecule is C=C1C(=O)O[C@H]2CC(C)C3[C@@H](OC(C)=O)CC(=O)[C@@]3(C)[C@@H](OC(C)=O)[C@H]12. The fourth-order valence-electron chi connectivity index (χ4n) is 5.22. The molecule has 142 valence electrons. The summed E-state index contributed by atoms with van der Waals surface area (Å²) in [6.07, 6.45) is -1.42. The van der Waals surface area contributed by atoms with Crippen molar-refractivity contribution < 1.29 is 33.4 Å². The van der Waals surface area contributed by atoms with E-state index in [1.807, 2.05) is 6.92 Å². The van der Waals surface area contributed by atoms with Crippen molar-refractivity contribution in [2.45, 2.75) is 58.8 Å². The maximum absolute atomic E-state index is 13.1. The maximum Gasteiger partial charge on any atom is 0.334 e. The second kappa shape index (κ2) is 6.21. The molecule has 1 heterocycles. The molecular formula is C19H24O7. The zero-order chi connectivity index (χ0) is 19.4. The first kappa shape index (κ1) is 18.6. The number of hydrogen-bond acceptors (Lipinski definition) is 7. The van der Waals surface area contributed by atoms with Crippen molar-refractivity contribution in [3.8, 4) is 0 Å². The highest BCUT2D eigenvalue weighted by molar-refractivity contribution is 5.93. The Kier molecular flexibility index (Phi) is 4.45. The van der Waals surface area contributed by atoms with Gasteiger partial charge in [0.25, 0.3) is 0 Å². The molecule has 0 radical (unpaired) electrons. The van der Waals surface area contributed by atoms with Gasteiger partial charge in [0.1, 0.15) is 24.1 Å². The summed E-state index contributed by atoms with van der Waals surface area (Å²) >= 11 is 0. The Morgan fingerprint density at radius 3 is 2.38 bits per heavy atom. The third-order valence-corrected chi connectivity index (χ3v) is 6.15. The Morgan fingerprint density at radius 2 is 1.81 bits per heavy atom. The molecule has 0 aromatic carbocycles. The Bertz CT molecular complexity index is 696. The molecule has 2 saturated carbocycles. The third-order valence-electron chi connectivity index (χ3n) is 6.15. The van der Waals surface area contributed by atoms with Crippen LogP contribution in [0.4, 0.5) is 0 Å². The van der Waals surface area contributed by atoms with Gasteiger partial charge in [0.05, 0.1) is 11.3 Å². The molecule has 3 fully saturated rings. The largest absolute Gasteiger partial charge is 0.462 e. The highest BCUT2D eigenvalue weighted by atomic mass is 16.6. The lowest BCUT2D eigenvalue weighted by atomic mass is 9.67. The molecule has 1 aliphatic heterocycles. The van der Waals surface area contributed by atoms with Crippen molar-refractivity contribution in [2.75, 3.05) is 0 Å². The quantitative estimate of drug-likeness (QED) is 0.417. The third kappa shape index (κ3) is 2.64. The van der Waals surface area contributed by atoms with Crippen molar-refractivity contribution in [2.24, 2.45) is 23.2 Å². The molecule has 0 aromatic heterocycles. The monoisotopic (exact) mass is 364 g/mol. The summed E-state index contributed by atoms with van der Waals surface area (Å²) in [7, 11) is 0. The van der Waals surface area contributed by atoms with Gasteiger partial charge in [-0.05, 0) is 19.3 Å².